The van der Waals surface area contributed by atoms with Gasteiger partial charge in [-0.05, 0) is 73.4 Å². The number of pyridine rings is 1. The molecule has 0 bridgehead atoms. The fourth-order valence-corrected chi connectivity index (χ4v) is 4.81. The average molecular weight is 451 g/mol. The van der Waals surface area contributed by atoms with Crippen LogP contribution >= 0.6 is 0 Å². The van der Waals surface area contributed by atoms with E-state index in [2.05, 4.69) is 16.4 Å². The van der Waals surface area contributed by atoms with Gasteiger partial charge in [0.25, 0.3) is 5.91 Å². The van der Waals surface area contributed by atoms with E-state index < -0.39 is 0 Å². The normalized spacial score (nSPS) is 22.6. The third kappa shape index (κ3) is 5.04. The number of hydrogen-bond acceptors (Lipinski definition) is 5. The fourth-order valence-electron chi connectivity index (χ4n) is 4.81. The van der Waals surface area contributed by atoms with Crippen LogP contribution in [0.2, 0.25) is 0 Å². The second kappa shape index (κ2) is 10.1. The molecular formula is C25H27FN4O3. The Morgan fingerprint density at radius 2 is 2.00 bits per heavy atom. The van der Waals surface area contributed by atoms with E-state index >= 15 is 0 Å². The molecule has 1 atom stereocenters. The number of nitriles is 1. The number of carbonyl (C=O) groups is 2. The first kappa shape index (κ1) is 22.9. The molecule has 2 aliphatic rings. The zero-order valence-corrected chi connectivity index (χ0v) is 18.6. The van der Waals surface area contributed by atoms with Gasteiger partial charge in [0.15, 0.2) is 0 Å². The molecule has 1 aliphatic heterocycles. The molecule has 0 unspecified atom stereocenters. The summed E-state index contributed by atoms with van der Waals surface area (Å²) in [5.74, 6) is -0.457. The van der Waals surface area contributed by atoms with Gasteiger partial charge in [-0.1, -0.05) is 0 Å². The number of benzene rings is 1. The second-order valence-corrected chi connectivity index (χ2v) is 8.73. The van der Waals surface area contributed by atoms with E-state index in [1.165, 1.54) is 23.4 Å². The maximum absolute atomic E-state index is 14.3. The molecule has 1 saturated carbocycles. The Bertz CT molecular complexity index is 1080. The lowest BCUT2D eigenvalue weighted by Crippen LogP contribution is -2.36. The molecule has 4 rings (SSSR count). The van der Waals surface area contributed by atoms with Gasteiger partial charge in [-0.25, -0.2) is 9.45 Å². The first-order valence-corrected chi connectivity index (χ1v) is 11.3. The maximum Gasteiger partial charge on any atom is 0.251 e. The van der Waals surface area contributed by atoms with Gasteiger partial charge < -0.3 is 5.32 Å². The highest BCUT2D eigenvalue weighted by Crippen LogP contribution is 2.37. The first-order chi connectivity index (χ1) is 16.0. The maximum atomic E-state index is 14.3. The van der Waals surface area contributed by atoms with Gasteiger partial charge >= 0.3 is 0 Å². The zero-order chi connectivity index (χ0) is 23.4. The summed E-state index contributed by atoms with van der Waals surface area (Å²) in [5, 5.41) is 13.2. The van der Waals surface area contributed by atoms with Gasteiger partial charge in [0.05, 0.1) is 18.2 Å². The van der Waals surface area contributed by atoms with Crippen molar-refractivity contribution in [1.29, 1.82) is 5.26 Å². The minimum atomic E-state index is -0.303. The van der Waals surface area contributed by atoms with E-state index in [1.54, 1.807) is 25.4 Å². The summed E-state index contributed by atoms with van der Waals surface area (Å²) < 4.78 is 14.3. The van der Waals surface area contributed by atoms with Crippen LogP contribution < -0.4 is 5.32 Å². The van der Waals surface area contributed by atoms with E-state index in [9.17, 15) is 14.0 Å². The van der Waals surface area contributed by atoms with Crippen molar-refractivity contribution in [3.8, 4) is 6.07 Å². The predicted octanol–water partition coefficient (Wildman–Crippen LogP) is 3.71. The van der Waals surface area contributed by atoms with E-state index in [0.717, 1.165) is 18.4 Å². The summed E-state index contributed by atoms with van der Waals surface area (Å²) in [7, 11) is 1.55. The fraction of sp³-hybridized carbons (Fsp3) is 0.440. The Hall–Kier alpha value is -3.31. The molecular weight excluding hydrogens is 423 g/mol. The van der Waals surface area contributed by atoms with Crippen LogP contribution in [0.1, 0.15) is 65.2 Å². The van der Waals surface area contributed by atoms with Gasteiger partial charge in [0, 0.05) is 37.3 Å². The highest BCUT2D eigenvalue weighted by atomic mass is 19.1. The Labute approximate surface area is 192 Å². The number of hydroxylamine groups is 2. The molecule has 8 heteroatoms. The third-order valence-corrected chi connectivity index (χ3v) is 6.63. The lowest BCUT2D eigenvalue weighted by molar-refractivity contribution is -0.183. The lowest BCUT2D eigenvalue weighted by Gasteiger charge is -2.32. The van der Waals surface area contributed by atoms with Gasteiger partial charge in [0.2, 0.25) is 5.91 Å². The summed E-state index contributed by atoms with van der Waals surface area (Å²) in [6, 6.07) is 8.05. The minimum absolute atomic E-state index is 0.0360. The molecule has 1 N–H and O–H groups in total. The highest BCUT2D eigenvalue weighted by molar-refractivity contribution is 5.94. The van der Waals surface area contributed by atoms with Crippen LogP contribution in [-0.2, 0) is 16.1 Å². The van der Waals surface area contributed by atoms with Crippen molar-refractivity contribution in [3.05, 3.63) is 64.7 Å². The largest absolute Gasteiger partial charge is 0.355 e. The van der Waals surface area contributed by atoms with Gasteiger partial charge in [-0.3, -0.25) is 19.4 Å². The molecule has 1 saturated heterocycles. The number of carbonyl (C=O) groups excluding carboxylic acids is 2. The van der Waals surface area contributed by atoms with Crippen LogP contribution in [0.3, 0.4) is 0 Å². The Balaban J connectivity index is 1.37. The van der Waals surface area contributed by atoms with Crippen molar-refractivity contribution in [2.24, 2.45) is 11.8 Å². The van der Waals surface area contributed by atoms with Crippen LogP contribution in [0.4, 0.5) is 4.39 Å². The highest BCUT2D eigenvalue weighted by Gasteiger charge is 2.37. The third-order valence-electron chi connectivity index (χ3n) is 6.63. The summed E-state index contributed by atoms with van der Waals surface area (Å²) in [5.41, 5.74) is 2.25. The molecule has 172 valence electrons. The van der Waals surface area contributed by atoms with Gasteiger partial charge in [-0.2, -0.15) is 5.26 Å². The number of amides is 2. The topological polar surface area (TPSA) is 95.3 Å². The first-order valence-electron chi connectivity index (χ1n) is 11.3. The van der Waals surface area contributed by atoms with E-state index in [0.29, 0.717) is 49.0 Å². The predicted molar refractivity (Wildman–Crippen MR) is 118 cm³/mol. The molecule has 2 aromatic rings. The molecule has 33 heavy (non-hydrogen) atoms. The molecule has 1 aromatic heterocycles. The molecule has 2 fully saturated rings. The number of nitrogens with one attached hydrogen (secondary N) is 1. The van der Waals surface area contributed by atoms with Crippen molar-refractivity contribution in [1.82, 2.24) is 15.4 Å². The van der Waals surface area contributed by atoms with Crippen LogP contribution in [0, 0.1) is 29.0 Å². The zero-order valence-electron chi connectivity index (χ0n) is 18.6. The Kier molecular flexibility index (Phi) is 6.99. The molecule has 2 heterocycles. The number of nitrogens with zero attached hydrogens (tertiary/aromatic N) is 3. The van der Waals surface area contributed by atoms with Crippen molar-refractivity contribution in [3.63, 3.8) is 0 Å². The van der Waals surface area contributed by atoms with Crippen molar-refractivity contribution >= 4 is 11.8 Å². The van der Waals surface area contributed by atoms with Crippen LogP contribution in [-0.4, -0.2) is 35.5 Å². The lowest BCUT2D eigenvalue weighted by atomic mass is 9.78. The standard InChI is InChI=1S/C25H27FN4O3/c1-28-24(31)19-6-7-22(26)20(12-19)10-16-2-4-18(5-3-16)25(32)30-23(8-9-33-30)21-11-17(13-27)14-29-15-21/h6-7,11-12,14-16,18,23H,2-5,8-10H2,1H3,(H,28,31)/t16-,18-,23-/m0/s1. The number of hydrogen-bond donors (Lipinski definition) is 1. The van der Waals surface area contributed by atoms with Crippen molar-refractivity contribution < 1.29 is 18.8 Å². The second-order valence-electron chi connectivity index (χ2n) is 8.73. The van der Waals surface area contributed by atoms with Crippen molar-refractivity contribution in [2.75, 3.05) is 13.7 Å². The monoisotopic (exact) mass is 450 g/mol. The molecule has 7 nitrogen and oxygen atoms in total. The summed E-state index contributed by atoms with van der Waals surface area (Å²) in [6.07, 6.45) is 7.44. The molecule has 1 aliphatic carbocycles. The smallest absolute Gasteiger partial charge is 0.251 e. The van der Waals surface area contributed by atoms with Crippen LogP contribution in [0.5, 0.6) is 0 Å². The van der Waals surface area contributed by atoms with Crippen LogP contribution in [0.15, 0.2) is 36.7 Å². The SMILES string of the molecule is CNC(=O)c1ccc(F)c(C[C@H]2CC[C@H](C(=O)N3OCC[C@H]3c3cncc(C#N)c3)CC2)c1. The summed E-state index contributed by atoms with van der Waals surface area (Å²) in [4.78, 5) is 34.9. The number of aromatic nitrogens is 1. The Morgan fingerprint density at radius 1 is 1.21 bits per heavy atom. The molecule has 0 spiro atoms. The number of rotatable bonds is 5. The number of halogens is 1. The quantitative estimate of drug-likeness (QED) is 0.749. The van der Waals surface area contributed by atoms with Crippen molar-refractivity contribution in [2.45, 2.75) is 44.6 Å². The minimum Gasteiger partial charge on any atom is -0.355 e. The summed E-state index contributed by atoms with van der Waals surface area (Å²) >= 11 is 0. The van der Waals surface area contributed by atoms with Crippen LogP contribution in [0.25, 0.3) is 0 Å². The Morgan fingerprint density at radius 3 is 2.73 bits per heavy atom. The molecule has 1 aromatic carbocycles. The molecule has 2 amide bonds. The summed E-state index contributed by atoms with van der Waals surface area (Å²) in [6.45, 7) is 0.448. The van der Waals surface area contributed by atoms with Gasteiger partial charge in [-0.15, -0.1) is 0 Å². The van der Waals surface area contributed by atoms with E-state index in [1.807, 2.05) is 0 Å². The average Bonchev–Trinajstić information content (AvgIpc) is 3.35. The molecule has 0 radical (unpaired) electrons. The van der Waals surface area contributed by atoms with Gasteiger partial charge in [0.1, 0.15) is 11.9 Å². The van der Waals surface area contributed by atoms with E-state index in [4.69, 9.17) is 10.1 Å². The van der Waals surface area contributed by atoms with E-state index in [-0.39, 0.29) is 35.5 Å².